The standard InChI is InChI=1S/C9H9BrN4O3S/c1-11-9(18)13-12-4-6-7(10)2-5(14(16)17)3-8(6)15/h2-4,15H,1H3,(H2,11,13,18)/b12-4-. The number of hydrogen-bond donors (Lipinski definition) is 3. The second-order valence-electron chi connectivity index (χ2n) is 3.07. The van der Waals surface area contributed by atoms with E-state index >= 15 is 0 Å². The highest BCUT2D eigenvalue weighted by atomic mass is 79.9. The van der Waals surface area contributed by atoms with Crippen LogP contribution in [0.2, 0.25) is 0 Å². The summed E-state index contributed by atoms with van der Waals surface area (Å²) in [4.78, 5) is 9.96. The molecule has 0 amide bonds. The van der Waals surface area contributed by atoms with Gasteiger partial charge in [-0.25, -0.2) is 0 Å². The van der Waals surface area contributed by atoms with E-state index in [1.807, 2.05) is 0 Å². The lowest BCUT2D eigenvalue weighted by Gasteiger charge is -2.03. The number of thiocarbonyl (C=S) groups is 1. The minimum atomic E-state index is -0.597. The molecule has 0 aliphatic heterocycles. The molecule has 0 atom stereocenters. The average Bonchev–Trinajstić information content (AvgIpc) is 2.31. The molecule has 96 valence electrons. The summed E-state index contributed by atoms with van der Waals surface area (Å²) in [5, 5.41) is 26.9. The number of non-ortho nitro benzene ring substituents is 1. The van der Waals surface area contributed by atoms with Crippen LogP contribution >= 0.6 is 28.1 Å². The zero-order chi connectivity index (χ0) is 13.7. The van der Waals surface area contributed by atoms with Gasteiger partial charge in [0.1, 0.15) is 5.75 Å². The molecule has 0 heterocycles. The molecule has 7 nitrogen and oxygen atoms in total. The van der Waals surface area contributed by atoms with Crippen molar-refractivity contribution in [3.05, 3.63) is 32.3 Å². The summed E-state index contributed by atoms with van der Waals surface area (Å²) < 4.78 is 0.357. The highest BCUT2D eigenvalue weighted by Gasteiger charge is 2.13. The molecule has 0 fully saturated rings. The monoisotopic (exact) mass is 332 g/mol. The summed E-state index contributed by atoms with van der Waals surface area (Å²) in [5.41, 5.74) is 2.60. The minimum absolute atomic E-state index is 0.213. The third kappa shape index (κ3) is 3.64. The van der Waals surface area contributed by atoms with Crippen molar-refractivity contribution in [1.29, 1.82) is 0 Å². The van der Waals surface area contributed by atoms with Crippen LogP contribution in [0.3, 0.4) is 0 Å². The van der Waals surface area contributed by atoms with Crippen molar-refractivity contribution in [2.24, 2.45) is 5.10 Å². The molecule has 1 rings (SSSR count). The predicted molar refractivity (Wildman–Crippen MR) is 74.8 cm³/mol. The fourth-order valence-corrected chi connectivity index (χ4v) is 1.63. The number of benzene rings is 1. The molecule has 0 bridgehead atoms. The van der Waals surface area contributed by atoms with Crippen LogP contribution in [0.15, 0.2) is 21.7 Å². The lowest BCUT2D eigenvalue weighted by molar-refractivity contribution is -0.385. The first kappa shape index (κ1) is 14.3. The molecular formula is C9H9BrN4O3S. The number of nitro benzene ring substituents is 1. The first-order valence-corrected chi connectivity index (χ1v) is 5.83. The number of nitrogens with zero attached hydrogens (tertiary/aromatic N) is 2. The predicted octanol–water partition coefficient (Wildman–Crippen LogP) is 1.49. The summed E-state index contributed by atoms with van der Waals surface area (Å²) in [6.45, 7) is 0. The molecule has 1 aromatic rings. The smallest absolute Gasteiger partial charge is 0.274 e. The molecule has 0 spiro atoms. The molecule has 9 heteroatoms. The Morgan fingerprint density at radius 1 is 1.67 bits per heavy atom. The molecule has 0 saturated heterocycles. The Balaban J connectivity index is 2.97. The second-order valence-corrected chi connectivity index (χ2v) is 4.33. The zero-order valence-electron chi connectivity index (χ0n) is 9.18. The van der Waals surface area contributed by atoms with E-state index < -0.39 is 4.92 Å². The molecule has 0 radical (unpaired) electrons. The van der Waals surface area contributed by atoms with Gasteiger partial charge in [-0.2, -0.15) is 5.10 Å². The third-order valence-corrected chi connectivity index (χ3v) is 2.84. The number of halogens is 1. The summed E-state index contributed by atoms with van der Waals surface area (Å²) in [6, 6.07) is 2.32. The van der Waals surface area contributed by atoms with Gasteiger partial charge in [0.15, 0.2) is 5.11 Å². The summed E-state index contributed by atoms with van der Waals surface area (Å²) in [7, 11) is 1.63. The van der Waals surface area contributed by atoms with Gasteiger partial charge in [0, 0.05) is 17.6 Å². The van der Waals surface area contributed by atoms with Crippen molar-refractivity contribution in [3.63, 3.8) is 0 Å². The minimum Gasteiger partial charge on any atom is -0.507 e. The van der Waals surface area contributed by atoms with Gasteiger partial charge < -0.3 is 10.4 Å². The van der Waals surface area contributed by atoms with Crippen LogP contribution in [-0.4, -0.2) is 28.4 Å². The van der Waals surface area contributed by atoms with Crippen LogP contribution in [-0.2, 0) is 0 Å². The third-order valence-electron chi connectivity index (χ3n) is 1.89. The van der Waals surface area contributed by atoms with E-state index in [1.165, 1.54) is 12.3 Å². The van der Waals surface area contributed by atoms with Gasteiger partial charge in [-0.05, 0) is 28.1 Å². The number of aromatic hydroxyl groups is 1. The van der Waals surface area contributed by atoms with E-state index in [9.17, 15) is 15.2 Å². The molecule has 1 aromatic carbocycles. The summed E-state index contributed by atoms with van der Waals surface area (Å²) in [6.07, 6.45) is 1.30. The molecule has 18 heavy (non-hydrogen) atoms. The Hall–Kier alpha value is -1.74. The SMILES string of the molecule is CNC(=S)N/N=C\c1c(O)cc([N+](=O)[O-])cc1Br. The van der Waals surface area contributed by atoms with Gasteiger partial charge in [0.2, 0.25) is 0 Å². The molecule has 0 unspecified atom stereocenters. The second kappa shape index (κ2) is 6.26. The molecule has 3 N–H and O–H groups in total. The number of nitrogens with one attached hydrogen (secondary N) is 2. The van der Waals surface area contributed by atoms with E-state index in [-0.39, 0.29) is 11.4 Å². The van der Waals surface area contributed by atoms with Crippen molar-refractivity contribution in [1.82, 2.24) is 10.7 Å². The Labute approximate surface area is 116 Å². The van der Waals surface area contributed by atoms with Crippen LogP contribution in [0.1, 0.15) is 5.56 Å². The molecular weight excluding hydrogens is 324 g/mol. The maximum absolute atomic E-state index is 10.6. The number of phenols is 1. The highest BCUT2D eigenvalue weighted by molar-refractivity contribution is 9.10. The van der Waals surface area contributed by atoms with E-state index in [1.54, 1.807) is 7.05 Å². The number of hydrogen-bond acceptors (Lipinski definition) is 5. The highest BCUT2D eigenvalue weighted by Crippen LogP contribution is 2.30. The van der Waals surface area contributed by atoms with Gasteiger partial charge in [-0.15, -0.1) is 0 Å². The van der Waals surface area contributed by atoms with Crippen molar-refractivity contribution < 1.29 is 10.0 Å². The van der Waals surface area contributed by atoms with Gasteiger partial charge in [-0.1, -0.05) is 0 Å². The maximum Gasteiger partial charge on any atom is 0.274 e. The van der Waals surface area contributed by atoms with Gasteiger partial charge in [0.05, 0.1) is 22.8 Å². The molecule has 0 saturated carbocycles. The first-order valence-electron chi connectivity index (χ1n) is 4.63. The zero-order valence-corrected chi connectivity index (χ0v) is 11.6. The Morgan fingerprint density at radius 3 is 2.83 bits per heavy atom. The number of rotatable bonds is 3. The Kier molecular flexibility index (Phi) is 4.98. The van der Waals surface area contributed by atoms with Crippen molar-refractivity contribution >= 4 is 45.2 Å². The average molecular weight is 333 g/mol. The first-order chi connectivity index (χ1) is 8.45. The van der Waals surface area contributed by atoms with Crippen molar-refractivity contribution in [3.8, 4) is 5.75 Å². The van der Waals surface area contributed by atoms with Crippen LogP contribution in [0.4, 0.5) is 5.69 Å². The van der Waals surface area contributed by atoms with Crippen molar-refractivity contribution in [2.45, 2.75) is 0 Å². The van der Waals surface area contributed by atoms with Gasteiger partial charge >= 0.3 is 0 Å². The molecule has 0 aromatic heterocycles. The van der Waals surface area contributed by atoms with Crippen molar-refractivity contribution in [2.75, 3.05) is 7.05 Å². The molecule has 0 aliphatic carbocycles. The fourth-order valence-electron chi connectivity index (χ4n) is 1.03. The lowest BCUT2D eigenvalue weighted by Crippen LogP contribution is -2.28. The van der Waals surface area contributed by atoms with E-state index in [0.29, 0.717) is 15.1 Å². The lowest BCUT2D eigenvalue weighted by atomic mass is 10.2. The van der Waals surface area contributed by atoms with E-state index in [4.69, 9.17) is 12.2 Å². The van der Waals surface area contributed by atoms with Crippen LogP contribution in [0, 0.1) is 10.1 Å². The largest absolute Gasteiger partial charge is 0.507 e. The summed E-state index contributed by atoms with van der Waals surface area (Å²) >= 11 is 7.91. The quantitative estimate of drug-likeness (QED) is 0.335. The van der Waals surface area contributed by atoms with E-state index in [0.717, 1.165) is 6.07 Å². The normalized spacial score (nSPS) is 10.3. The number of phenolic OH excluding ortho intramolecular Hbond substituents is 1. The van der Waals surface area contributed by atoms with Crippen LogP contribution < -0.4 is 10.7 Å². The van der Waals surface area contributed by atoms with Gasteiger partial charge in [-0.3, -0.25) is 15.5 Å². The van der Waals surface area contributed by atoms with Crippen LogP contribution in [0.25, 0.3) is 0 Å². The van der Waals surface area contributed by atoms with Crippen LogP contribution in [0.5, 0.6) is 5.75 Å². The van der Waals surface area contributed by atoms with Gasteiger partial charge in [0.25, 0.3) is 5.69 Å². The Morgan fingerprint density at radius 2 is 2.33 bits per heavy atom. The Bertz CT molecular complexity index is 498. The molecule has 0 aliphatic rings. The maximum atomic E-state index is 10.6. The summed E-state index contributed by atoms with van der Waals surface area (Å²) in [5.74, 6) is -0.253. The fraction of sp³-hybridized carbons (Fsp3) is 0.111. The van der Waals surface area contributed by atoms with E-state index in [2.05, 4.69) is 31.8 Å². The number of nitro groups is 1. The topological polar surface area (TPSA) is 99.8 Å². The number of hydrazone groups is 1.